The van der Waals surface area contributed by atoms with Crippen molar-refractivity contribution in [1.82, 2.24) is 4.90 Å². The number of amides is 1. The highest BCUT2D eigenvalue weighted by Crippen LogP contribution is 2.14. The Kier molecular flexibility index (Phi) is 5.17. The molecule has 0 heterocycles. The van der Waals surface area contributed by atoms with E-state index in [1.54, 1.807) is 38.4 Å². The molecule has 5 heteroatoms. The predicted octanol–water partition coefficient (Wildman–Crippen LogP) is 1.63. The first-order valence-corrected chi connectivity index (χ1v) is 5.66. The van der Waals surface area contributed by atoms with Crippen molar-refractivity contribution in [2.75, 3.05) is 20.7 Å². The highest BCUT2D eigenvalue weighted by Gasteiger charge is 2.12. The van der Waals surface area contributed by atoms with E-state index >= 15 is 0 Å². The lowest BCUT2D eigenvalue weighted by molar-refractivity contribution is -0.137. The largest absolute Gasteiger partial charge is 0.497 e. The Hall–Kier alpha value is -2.04. The molecule has 0 unspecified atom stereocenters. The monoisotopic (exact) mass is 251 g/mol. The van der Waals surface area contributed by atoms with E-state index in [1.165, 1.54) is 4.90 Å². The summed E-state index contributed by atoms with van der Waals surface area (Å²) in [4.78, 5) is 23.9. The molecule has 98 valence electrons. The van der Waals surface area contributed by atoms with Crippen molar-refractivity contribution in [2.45, 2.75) is 12.8 Å². The van der Waals surface area contributed by atoms with Crippen LogP contribution in [0.2, 0.25) is 0 Å². The maximum atomic E-state index is 12.0. The van der Waals surface area contributed by atoms with Gasteiger partial charge in [0.05, 0.1) is 7.11 Å². The van der Waals surface area contributed by atoms with Gasteiger partial charge in [0.25, 0.3) is 5.91 Å². The lowest BCUT2D eigenvalue weighted by atomic mass is 10.2. The van der Waals surface area contributed by atoms with Gasteiger partial charge in [-0.25, -0.2) is 0 Å². The number of rotatable bonds is 6. The van der Waals surface area contributed by atoms with Crippen LogP contribution < -0.4 is 4.74 Å². The summed E-state index contributed by atoms with van der Waals surface area (Å²) in [5, 5.41) is 8.53. The molecule has 1 aromatic carbocycles. The van der Waals surface area contributed by atoms with Crippen LogP contribution in [0.3, 0.4) is 0 Å². The number of benzene rings is 1. The van der Waals surface area contributed by atoms with Crippen LogP contribution in [0.1, 0.15) is 23.2 Å². The van der Waals surface area contributed by atoms with Gasteiger partial charge in [-0.15, -0.1) is 0 Å². The van der Waals surface area contributed by atoms with E-state index in [2.05, 4.69) is 0 Å². The Bertz CT molecular complexity index is 431. The van der Waals surface area contributed by atoms with E-state index in [9.17, 15) is 9.59 Å². The Labute approximate surface area is 106 Å². The van der Waals surface area contributed by atoms with Crippen LogP contribution in [0.4, 0.5) is 0 Å². The van der Waals surface area contributed by atoms with E-state index in [1.807, 2.05) is 0 Å². The lowest BCUT2D eigenvalue weighted by Crippen LogP contribution is -2.28. The zero-order valence-electron chi connectivity index (χ0n) is 10.5. The summed E-state index contributed by atoms with van der Waals surface area (Å²) >= 11 is 0. The van der Waals surface area contributed by atoms with Crippen LogP contribution in [0, 0.1) is 0 Å². The quantitative estimate of drug-likeness (QED) is 0.834. The number of hydrogen-bond acceptors (Lipinski definition) is 3. The topological polar surface area (TPSA) is 66.8 Å². The zero-order chi connectivity index (χ0) is 13.5. The minimum Gasteiger partial charge on any atom is -0.497 e. The number of hydrogen-bond donors (Lipinski definition) is 1. The van der Waals surface area contributed by atoms with Crippen molar-refractivity contribution < 1.29 is 19.4 Å². The molecule has 0 atom stereocenters. The van der Waals surface area contributed by atoms with E-state index in [0.717, 1.165) is 0 Å². The van der Waals surface area contributed by atoms with Gasteiger partial charge in [0.1, 0.15) is 5.75 Å². The Morgan fingerprint density at radius 2 is 2.11 bits per heavy atom. The van der Waals surface area contributed by atoms with Gasteiger partial charge in [-0.1, -0.05) is 6.07 Å². The molecule has 5 nitrogen and oxygen atoms in total. The minimum absolute atomic E-state index is 0.0652. The third kappa shape index (κ3) is 4.08. The normalized spacial score (nSPS) is 9.89. The van der Waals surface area contributed by atoms with Gasteiger partial charge in [0.2, 0.25) is 0 Å². The SMILES string of the molecule is COc1cccc(C(=O)N(C)CCCC(=O)O)c1. The zero-order valence-corrected chi connectivity index (χ0v) is 10.5. The molecule has 18 heavy (non-hydrogen) atoms. The molecule has 1 aromatic rings. The second-order valence-corrected chi connectivity index (χ2v) is 3.96. The first-order chi connectivity index (χ1) is 8.54. The van der Waals surface area contributed by atoms with Crippen molar-refractivity contribution in [3.8, 4) is 5.75 Å². The summed E-state index contributed by atoms with van der Waals surface area (Å²) in [6, 6.07) is 6.88. The summed E-state index contributed by atoms with van der Waals surface area (Å²) < 4.78 is 5.05. The van der Waals surface area contributed by atoms with Crippen LogP contribution in [-0.2, 0) is 4.79 Å². The second-order valence-electron chi connectivity index (χ2n) is 3.96. The molecule has 1 rings (SSSR count). The molecule has 1 N–H and O–H groups in total. The first-order valence-electron chi connectivity index (χ1n) is 5.66. The highest BCUT2D eigenvalue weighted by atomic mass is 16.5. The fourth-order valence-electron chi connectivity index (χ4n) is 1.55. The standard InChI is InChI=1S/C13H17NO4/c1-14(8-4-7-12(15)16)13(17)10-5-3-6-11(9-10)18-2/h3,5-6,9H,4,7-8H2,1-2H3,(H,15,16). The van der Waals surface area contributed by atoms with Crippen molar-refractivity contribution in [2.24, 2.45) is 0 Å². The minimum atomic E-state index is -0.850. The van der Waals surface area contributed by atoms with Gasteiger partial charge in [-0.3, -0.25) is 9.59 Å². The fraction of sp³-hybridized carbons (Fsp3) is 0.385. The van der Waals surface area contributed by atoms with Gasteiger partial charge in [0, 0.05) is 25.6 Å². The molecular formula is C13H17NO4. The van der Waals surface area contributed by atoms with Gasteiger partial charge in [0.15, 0.2) is 0 Å². The second kappa shape index (κ2) is 6.64. The smallest absolute Gasteiger partial charge is 0.303 e. The Morgan fingerprint density at radius 1 is 1.39 bits per heavy atom. The van der Waals surface area contributed by atoms with Crippen LogP contribution in [0.15, 0.2) is 24.3 Å². The molecule has 0 saturated heterocycles. The molecule has 0 aliphatic rings. The average Bonchev–Trinajstić information content (AvgIpc) is 2.37. The number of carbonyl (C=O) groups is 2. The molecule has 0 fully saturated rings. The first kappa shape index (κ1) is 14.0. The predicted molar refractivity (Wildman–Crippen MR) is 66.8 cm³/mol. The van der Waals surface area contributed by atoms with E-state index in [0.29, 0.717) is 24.3 Å². The number of nitrogens with zero attached hydrogens (tertiary/aromatic N) is 1. The van der Waals surface area contributed by atoms with Gasteiger partial charge >= 0.3 is 5.97 Å². The summed E-state index contributed by atoms with van der Waals surface area (Å²) in [5.41, 5.74) is 0.534. The Balaban J connectivity index is 2.59. The third-order valence-corrected chi connectivity index (χ3v) is 2.55. The number of carboxylic acids is 1. The molecular weight excluding hydrogens is 234 g/mol. The average molecular weight is 251 g/mol. The van der Waals surface area contributed by atoms with Crippen molar-refractivity contribution in [1.29, 1.82) is 0 Å². The molecule has 0 radical (unpaired) electrons. The number of carbonyl (C=O) groups excluding carboxylic acids is 1. The maximum Gasteiger partial charge on any atom is 0.303 e. The van der Waals surface area contributed by atoms with Crippen LogP contribution in [0.5, 0.6) is 5.75 Å². The number of ether oxygens (including phenoxy) is 1. The van der Waals surface area contributed by atoms with E-state index in [4.69, 9.17) is 9.84 Å². The molecule has 0 aliphatic heterocycles. The molecule has 0 aliphatic carbocycles. The maximum absolute atomic E-state index is 12.0. The van der Waals surface area contributed by atoms with E-state index < -0.39 is 5.97 Å². The lowest BCUT2D eigenvalue weighted by Gasteiger charge is -2.16. The molecule has 0 saturated carbocycles. The highest BCUT2D eigenvalue weighted by molar-refractivity contribution is 5.94. The fourth-order valence-corrected chi connectivity index (χ4v) is 1.55. The van der Waals surface area contributed by atoms with Crippen LogP contribution in [-0.4, -0.2) is 42.6 Å². The van der Waals surface area contributed by atoms with Crippen molar-refractivity contribution in [3.05, 3.63) is 29.8 Å². The molecule has 0 aromatic heterocycles. The Morgan fingerprint density at radius 3 is 2.72 bits per heavy atom. The number of methoxy groups -OCH3 is 1. The van der Waals surface area contributed by atoms with Gasteiger partial charge in [-0.05, 0) is 24.6 Å². The summed E-state index contributed by atoms with van der Waals surface area (Å²) in [7, 11) is 3.20. The number of aliphatic carboxylic acids is 1. The summed E-state index contributed by atoms with van der Waals surface area (Å²) in [6.07, 6.45) is 0.511. The molecule has 1 amide bonds. The van der Waals surface area contributed by atoms with E-state index in [-0.39, 0.29) is 12.3 Å². The number of carboxylic acid groups (broad SMARTS) is 1. The van der Waals surface area contributed by atoms with Crippen LogP contribution in [0.25, 0.3) is 0 Å². The van der Waals surface area contributed by atoms with Gasteiger partial charge < -0.3 is 14.7 Å². The van der Waals surface area contributed by atoms with Crippen molar-refractivity contribution >= 4 is 11.9 Å². The van der Waals surface area contributed by atoms with Gasteiger partial charge in [-0.2, -0.15) is 0 Å². The molecule has 0 spiro atoms. The molecule has 0 bridgehead atoms. The summed E-state index contributed by atoms with van der Waals surface area (Å²) in [6.45, 7) is 0.419. The van der Waals surface area contributed by atoms with Crippen molar-refractivity contribution in [3.63, 3.8) is 0 Å². The van der Waals surface area contributed by atoms with Crippen LogP contribution >= 0.6 is 0 Å². The third-order valence-electron chi connectivity index (χ3n) is 2.55. The summed E-state index contributed by atoms with van der Waals surface area (Å²) in [5.74, 6) is -0.365.